The minimum absolute atomic E-state index is 0.240. The molecule has 1 aliphatic heterocycles. The van der Waals surface area contributed by atoms with Crippen LogP contribution in [-0.4, -0.2) is 38.4 Å². The van der Waals surface area contributed by atoms with Gasteiger partial charge >= 0.3 is 0 Å². The minimum atomic E-state index is 0.240. The Morgan fingerprint density at radius 3 is 3.00 bits per heavy atom. The summed E-state index contributed by atoms with van der Waals surface area (Å²) in [5, 5.41) is 3.04. The molecular weight excluding hydrogens is 254 g/mol. The Kier molecular flexibility index (Phi) is 6.34. The Bertz CT molecular complexity index is 403. The molecule has 5 heteroatoms. The van der Waals surface area contributed by atoms with Crippen molar-refractivity contribution in [1.29, 1.82) is 0 Å². The molecule has 1 saturated heterocycles. The molecule has 0 aliphatic carbocycles. The molecule has 0 amide bonds. The Balaban J connectivity index is 1.52. The van der Waals surface area contributed by atoms with Crippen LogP contribution in [0.4, 0.5) is 0 Å². The number of aliphatic imine (C=N–C) groups is 1. The molecule has 0 bridgehead atoms. The quantitative estimate of drug-likeness (QED) is 0.447. The smallest absolute Gasteiger partial charge is 0.188 e. The molecule has 1 atom stereocenters. The fourth-order valence-electron chi connectivity index (χ4n) is 2.06. The second kappa shape index (κ2) is 8.55. The third-order valence-electron chi connectivity index (χ3n) is 3.15. The van der Waals surface area contributed by atoms with Gasteiger partial charge in [-0.15, -0.1) is 0 Å². The molecule has 1 fully saturated rings. The van der Waals surface area contributed by atoms with E-state index >= 15 is 0 Å². The van der Waals surface area contributed by atoms with E-state index in [0.717, 1.165) is 19.4 Å². The van der Waals surface area contributed by atoms with Crippen LogP contribution in [-0.2, 0) is 16.1 Å². The van der Waals surface area contributed by atoms with Crippen LogP contribution in [0.3, 0.4) is 0 Å². The Morgan fingerprint density at radius 1 is 1.40 bits per heavy atom. The van der Waals surface area contributed by atoms with Crippen LogP contribution in [0.5, 0.6) is 0 Å². The molecule has 1 unspecified atom stereocenters. The third kappa shape index (κ3) is 5.59. The van der Waals surface area contributed by atoms with Crippen molar-refractivity contribution in [2.45, 2.75) is 25.6 Å². The van der Waals surface area contributed by atoms with Gasteiger partial charge in [0.05, 0.1) is 25.9 Å². The molecule has 2 rings (SSSR count). The summed E-state index contributed by atoms with van der Waals surface area (Å²) in [6, 6.07) is 10.1. The number of ether oxygens (including phenoxy) is 2. The second-order valence-corrected chi connectivity index (χ2v) is 4.83. The van der Waals surface area contributed by atoms with Crippen molar-refractivity contribution < 1.29 is 9.47 Å². The van der Waals surface area contributed by atoms with Crippen molar-refractivity contribution in [3.8, 4) is 0 Å². The lowest BCUT2D eigenvalue weighted by molar-refractivity contribution is 0.117. The van der Waals surface area contributed by atoms with Gasteiger partial charge in [0.15, 0.2) is 5.96 Å². The number of guanidine groups is 1. The molecule has 1 aliphatic rings. The van der Waals surface area contributed by atoms with E-state index in [1.165, 1.54) is 5.56 Å². The van der Waals surface area contributed by atoms with Gasteiger partial charge < -0.3 is 20.5 Å². The molecule has 0 radical (unpaired) electrons. The molecule has 0 spiro atoms. The van der Waals surface area contributed by atoms with Gasteiger partial charge in [-0.05, 0) is 18.4 Å². The highest BCUT2D eigenvalue weighted by atomic mass is 16.5. The minimum Gasteiger partial charge on any atom is -0.376 e. The molecule has 1 aromatic carbocycles. The van der Waals surface area contributed by atoms with Crippen LogP contribution in [0.1, 0.15) is 18.4 Å². The second-order valence-electron chi connectivity index (χ2n) is 4.83. The van der Waals surface area contributed by atoms with E-state index in [1.807, 2.05) is 30.3 Å². The summed E-state index contributed by atoms with van der Waals surface area (Å²) in [6.07, 6.45) is 2.45. The number of rotatable bonds is 7. The van der Waals surface area contributed by atoms with Crippen LogP contribution in [0.15, 0.2) is 35.3 Å². The molecule has 5 nitrogen and oxygen atoms in total. The van der Waals surface area contributed by atoms with Gasteiger partial charge in [0.1, 0.15) is 0 Å². The maximum absolute atomic E-state index is 5.77. The zero-order valence-electron chi connectivity index (χ0n) is 11.8. The van der Waals surface area contributed by atoms with E-state index < -0.39 is 0 Å². The monoisotopic (exact) mass is 277 g/mol. The highest BCUT2D eigenvalue weighted by Gasteiger charge is 2.14. The van der Waals surface area contributed by atoms with Crippen molar-refractivity contribution >= 4 is 5.96 Å². The molecule has 3 N–H and O–H groups in total. The van der Waals surface area contributed by atoms with Gasteiger partial charge in [-0.1, -0.05) is 30.3 Å². The largest absolute Gasteiger partial charge is 0.376 e. The van der Waals surface area contributed by atoms with Crippen LogP contribution >= 0.6 is 0 Å². The highest BCUT2D eigenvalue weighted by Crippen LogP contribution is 2.11. The molecular formula is C15H23N3O2. The SMILES string of the molecule is NC(=NCC1CCCO1)NCCOCc1ccccc1. The van der Waals surface area contributed by atoms with Crippen molar-refractivity contribution in [2.75, 3.05) is 26.3 Å². The number of hydrogen-bond donors (Lipinski definition) is 2. The standard InChI is InChI=1S/C15H23N3O2/c16-15(18-11-14-7-4-9-20-14)17-8-10-19-12-13-5-2-1-3-6-13/h1-3,5-6,14H,4,7-12H2,(H3,16,17,18). The van der Waals surface area contributed by atoms with Crippen LogP contribution in [0.2, 0.25) is 0 Å². The summed E-state index contributed by atoms with van der Waals surface area (Å²) < 4.78 is 11.0. The predicted molar refractivity (Wildman–Crippen MR) is 79.6 cm³/mol. The Morgan fingerprint density at radius 2 is 2.25 bits per heavy atom. The van der Waals surface area contributed by atoms with E-state index in [9.17, 15) is 0 Å². The van der Waals surface area contributed by atoms with E-state index in [0.29, 0.717) is 32.3 Å². The molecule has 0 aromatic heterocycles. The lowest BCUT2D eigenvalue weighted by Crippen LogP contribution is -2.35. The van der Waals surface area contributed by atoms with Gasteiger partial charge in [-0.3, -0.25) is 4.99 Å². The maximum atomic E-state index is 5.77. The first-order chi connectivity index (χ1) is 9.84. The maximum Gasteiger partial charge on any atom is 0.188 e. The summed E-state index contributed by atoms with van der Waals surface area (Å²) in [4.78, 5) is 4.26. The van der Waals surface area contributed by atoms with Gasteiger partial charge in [0.2, 0.25) is 0 Å². The summed E-state index contributed by atoms with van der Waals surface area (Å²) in [5.41, 5.74) is 6.95. The predicted octanol–water partition coefficient (Wildman–Crippen LogP) is 1.29. The molecule has 0 saturated carbocycles. The summed E-state index contributed by atoms with van der Waals surface area (Å²) >= 11 is 0. The van der Waals surface area contributed by atoms with Gasteiger partial charge in [0, 0.05) is 13.2 Å². The normalized spacial score (nSPS) is 19.2. The van der Waals surface area contributed by atoms with Crippen LogP contribution in [0, 0.1) is 0 Å². The first-order valence-electron chi connectivity index (χ1n) is 7.11. The van der Waals surface area contributed by atoms with Crippen LogP contribution < -0.4 is 11.1 Å². The lowest BCUT2D eigenvalue weighted by atomic mass is 10.2. The average molecular weight is 277 g/mol. The first-order valence-corrected chi connectivity index (χ1v) is 7.11. The lowest BCUT2D eigenvalue weighted by Gasteiger charge is -2.09. The topological polar surface area (TPSA) is 68.9 Å². The van der Waals surface area contributed by atoms with E-state index in [1.54, 1.807) is 0 Å². The summed E-state index contributed by atoms with van der Waals surface area (Å²) in [7, 11) is 0. The summed E-state index contributed by atoms with van der Waals surface area (Å²) in [5.74, 6) is 0.462. The zero-order valence-corrected chi connectivity index (χ0v) is 11.8. The number of nitrogens with zero attached hydrogens (tertiary/aromatic N) is 1. The average Bonchev–Trinajstić information content (AvgIpc) is 2.99. The third-order valence-corrected chi connectivity index (χ3v) is 3.15. The molecule has 1 heterocycles. The Labute approximate surface area is 120 Å². The Hall–Kier alpha value is -1.59. The number of hydrogen-bond acceptors (Lipinski definition) is 3. The van der Waals surface area contributed by atoms with Crippen molar-refractivity contribution in [1.82, 2.24) is 5.32 Å². The number of nitrogens with one attached hydrogen (secondary N) is 1. The van der Waals surface area contributed by atoms with E-state index in [4.69, 9.17) is 15.2 Å². The van der Waals surface area contributed by atoms with Gasteiger partial charge in [-0.25, -0.2) is 0 Å². The van der Waals surface area contributed by atoms with Gasteiger partial charge in [0.25, 0.3) is 0 Å². The fourth-order valence-corrected chi connectivity index (χ4v) is 2.06. The number of nitrogens with two attached hydrogens (primary N) is 1. The number of benzene rings is 1. The van der Waals surface area contributed by atoms with Crippen molar-refractivity contribution in [3.05, 3.63) is 35.9 Å². The van der Waals surface area contributed by atoms with Crippen LogP contribution in [0.25, 0.3) is 0 Å². The zero-order chi connectivity index (χ0) is 14.0. The fraction of sp³-hybridized carbons (Fsp3) is 0.533. The molecule has 20 heavy (non-hydrogen) atoms. The molecule has 110 valence electrons. The molecule has 1 aromatic rings. The first kappa shape index (κ1) is 14.8. The van der Waals surface area contributed by atoms with Gasteiger partial charge in [-0.2, -0.15) is 0 Å². The highest BCUT2D eigenvalue weighted by molar-refractivity contribution is 5.77. The van der Waals surface area contributed by atoms with E-state index in [2.05, 4.69) is 10.3 Å². The van der Waals surface area contributed by atoms with Crippen molar-refractivity contribution in [3.63, 3.8) is 0 Å². The van der Waals surface area contributed by atoms with Crippen molar-refractivity contribution in [2.24, 2.45) is 10.7 Å². The van der Waals surface area contributed by atoms with E-state index in [-0.39, 0.29) is 6.10 Å². The summed E-state index contributed by atoms with van der Waals surface area (Å²) in [6.45, 7) is 3.37.